The summed E-state index contributed by atoms with van der Waals surface area (Å²) in [5, 5.41) is 11.0. The molecule has 26 heavy (non-hydrogen) atoms. The molecule has 4 nitrogen and oxygen atoms in total. The lowest BCUT2D eigenvalue weighted by Gasteiger charge is -1.94. The van der Waals surface area contributed by atoms with Gasteiger partial charge in [-0.1, -0.05) is 62.0 Å². The van der Waals surface area contributed by atoms with Crippen LogP contribution in [0.4, 0.5) is 0 Å². The van der Waals surface area contributed by atoms with E-state index in [1.54, 1.807) is 6.08 Å². The van der Waals surface area contributed by atoms with E-state index in [-0.39, 0.29) is 10.6 Å². The molecule has 0 aliphatic carbocycles. The zero-order chi connectivity index (χ0) is 19.3. The first kappa shape index (κ1) is 23.8. The minimum Gasteiger partial charge on any atom is -0.291 e. The highest BCUT2D eigenvalue weighted by Gasteiger charge is 2.06. The largest absolute Gasteiger partial charge is 0.291 e. The smallest absolute Gasteiger partial charge is 0.246 e. The standard InChI is InChI=1S/C22H32NO3/c1-2-3-4-5-10-13-16-19-22(23(25)26)20-17-14-11-8-6-7-9-12-15-18-21-24/h3-4,6,8,10,13-14,17,19H,2,5,7,9,11-12,15-16,18,20H2,1H3/b4-3+,8-6+,13-10+,17-14+,22-19-. The Morgan fingerprint density at radius 3 is 2.23 bits per heavy atom. The van der Waals surface area contributed by atoms with Gasteiger partial charge < -0.3 is 0 Å². The van der Waals surface area contributed by atoms with Gasteiger partial charge >= 0.3 is 0 Å². The predicted octanol–water partition coefficient (Wildman–Crippen LogP) is 6.40. The van der Waals surface area contributed by atoms with Crippen molar-refractivity contribution in [2.45, 2.75) is 71.1 Å². The van der Waals surface area contributed by atoms with Crippen molar-refractivity contribution in [2.75, 3.05) is 0 Å². The number of unbranched alkanes of at least 4 members (excludes halogenated alkanes) is 4. The fourth-order valence-electron chi connectivity index (χ4n) is 2.20. The molecule has 0 spiro atoms. The molecule has 0 aliphatic rings. The van der Waals surface area contributed by atoms with Crippen LogP contribution in [0.3, 0.4) is 0 Å². The summed E-state index contributed by atoms with van der Waals surface area (Å²) >= 11 is 0. The van der Waals surface area contributed by atoms with E-state index in [0.29, 0.717) is 19.3 Å². The number of hydrogen-bond donors (Lipinski definition) is 0. The van der Waals surface area contributed by atoms with Gasteiger partial charge in [0.05, 0.1) is 11.3 Å². The highest BCUT2D eigenvalue weighted by molar-refractivity contribution is 5.50. The van der Waals surface area contributed by atoms with Crippen molar-refractivity contribution in [2.24, 2.45) is 0 Å². The van der Waals surface area contributed by atoms with E-state index < -0.39 is 0 Å². The molecule has 0 fully saturated rings. The average molecular weight is 359 g/mol. The van der Waals surface area contributed by atoms with Crippen LogP contribution in [-0.2, 0) is 4.79 Å². The lowest BCUT2D eigenvalue weighted by Crippen LogP contribution is -1.97. The second-order valence-electron chi connectivity index (χ2n) is 5.90. The molecule has 0 unspecified atom stereocenters. The molecule has 0 aromatic rings. The highest BCUT2D eigenvalue weighted by atomic mass is 16.6. The maximum Gasteiger partial charge on any atom is 0.246 e. The van der Waals surface area contributed by atoms with Crippen LogP contribution in [-0.4, -0.2) is 11.2 Å². The Hall–Kier alpha value is -2.23. The van der Waals surface area contributed by atoms with Crippen molar-refractivity contribution in [3.05, 3.63) is 70.5 Å². The van der Waals surface area contributed by atoms with Crippen molar-refractivity contribution in [3.8, 4) is 0 Å². The quantitative estimate of drug-likeness (QED) is 0.139. The third-order valence-corrected chi connectivity index (χ3v) is 3.65. The van der Waals surface area contributed by atoms with E-state index in [1.165, 1.54) is 0 Å². The molecular formula is C22H32NO3. The number of carbonyl (C=O) groups excluding carboxylic acids is 1. The summed E-state index contributed by atoms with van der Waals surface area (Å²) in [6, 6.07) is 0. The molecule has 0 rings (SSSR count). The van der Waals surface area contributed by atoms with Gasteiger partial charge in [-0.3, -0.25) is 14.9 Å². The lowest BCUT2D eigenvalue weighted by atomic mass is 10.1. The molecule has 0 saturated heterocycles. The van der Waals surface area contributed by atoms with Crippen LogP contribution >= 0.6 is 0 Å². The molecule has 143 valence electrons. The Morgan fingerprint density at radius 2 is 1.54 bits per heavy atom. The van der Waals surface area contributed by atoms with Gasteiger partial charge in [-0.2, -0.15) is 0 Å². The van der Waals surface area contributed by atoms with Crippen molar-refractivity contribution in [3.63, 3.8) is 0 Å². The summed E-state index contributed by atoms with van der Waals surface area (Å²) in [5.41, 5.74) is 0.242. The Morgan fingerprint density at radius 1 is 0.885 bits per heavy atom. The van der Waals surface area contributed by atoms with Gasteiger partial charge in [0.25, 0.3) is 0 Å². The zero-order valence-corrected chi connectivity index (χ0v) is 15.9. The fraction of sp³-hybridized carbons (Fsp3) is 0.500. The first-order valence-electron chi connectivity index (χ1n) is 9.50. The van der Waals surface area contributed by atoms with Crippen LogP contribution in [0.15, 0.2) is 60.4 Å². The molecule has 4 heteroatoms. The van der Waals surface area contributed by atoms with Gasteiger partial charge in [-0.15, -0.1) is 0 Å². The van der Waals surface area contributed by atoms with Crippen LogP contribution in [0.5, 0.6) is 0 Å². The monoisotopic (exact) mass is 358 g/mol. The van der Waals surface area contributed by atoms with Gasteiger partial charge in [0.15, 0.2) is 6.29 Å². The molecule has 0 aromatic heterocycles. The topological polar surface area (TPSA) is 60.2 Å². The van der Waals surface area contributed by atoms with Crippen molar-refractivity contribution >= 4 is 6.29 Å². The van der Waals surface area contributed by atoms with Crippen molar-refractivity contribution < 1.29 is 9.72 Å². The summed E-state index contributed by atoms with van der Waals surface area (Å²) in [6.07, 6.45) is 28.0. The Labute approximate surface area is 158 Å². The van der Waals surface area contributed by atoms with Gasteiger partial charge in [0.1, 0.15) is 0 Å². The first-order valence-corrected chi connectivity index (χ1v) is 9.50. The second-order valence-corrected chi connectivity index (χ2v) is 5.90. The number of rotatable bonds is 16. The van der Waals surface area contributed by atoms with E-state index in [4.69, 9.17) is 0 Å². The highest BCUT2D eigenvalue weighted by Crippen LogP contribution is 2.07. The van der Waals surface area contributed by atoms with Crippen molar-refractivity contribution in [1.29, 1.82) is 0 Å². The Balaban J connectivity index is 3.99. The number of nitrogens with zero attached hydrogens (tertiary/aromatic N) is 1. The summed E-state index contributed by atoms with van der Waals surface area (Å²) in [7, 11) is 0. The van der Waals surface area contributed by atoms with Crippen LogP contribution in [0.2, 0.25) is 0 Å². The number of nitro groups is 1. The third kappa shape index (κ3) is 16.6. The van der Waals surface area contributed by atoms with E-state index in [2.05, 4.69) is 31.2 Å². The zero-order valence-electron chi connectivity index (χ0n) is 15.9. The molecular weight excluding hydrogens is 326 g/mol. The molecule has 0 aromatic carbocycles. The minimum absolute atomic E-state index is 0.242. The van der Waals surface area contributed by atoms with Gasteiger partial charge in [-0.05, 0) is 51.0 Å². The van der Waals surface area contributed by atoms with Crippen molar-refractivity contribution in [1.82, 2.24) is 0 Å². The van der Waals surface area contributed by atoms with Crippen LogP contribution in [0.25, 0.3) is 0 Å². The maximum absolute atomic E-state index is 11.0. The van der Waals surface area contributed by atoms with Crippen LogP contribution < -0.4 is 0 Å². The molecule has 0 heterocycles. The van der Waals surface area contributed by atoms with E-state index >= 15 is 0 Å². The maximum atomic E-state index is 11.0. The SMILES string of the molecule is CC/C=C/C/C=C/C/C=C(/C/C=C/C/C=C/CCCCC[C]=O)[N+](=O)[O-]. The Bertz CT molecular complexity index is 513. The number of hydrogen-bond acceptors (Lipinski definition) is 3. The van der Waals surface area contributed by atoms with Crippen LogP contribution in [0, 0.1) is 10.1 Å². The average Bonchev–Trinajstić information content (AvgIpc) is 2.63. The third-order valence-electron chi connectivity index (χ3n) is 3.65. The molecule has 0 saturated carbocycles. The number of allylic oxidation sites excluding steroid dienone is 9. The van der Waals surface area contributed by atoms with E-state index in [9.17, 15) is 14.9 Å². The molecule has 0 atom stereocenters. The Kier molecular flexibility index (Phi) is 17.5. The van der Waals surface area contributed by atoms with Gasteiger partial charge in [-0.25, -0.2) is 0 Å². The first-order chi connectivity index (χ1) is 12.7. The molecule has 0 amide bonds. The minimum atomic E-state index is -0.304. The summed E-state index contributed by atoms with van der Waals surface area (Å²) in [5.74, 6) is 0. The fourth-order valence-corrected chi connectivity index (χ4v) is 2.20. The van der Waals surface area contributed by atoms with E-state index in [1.807, 2.05) is 30.6 Å². The normalized spacial score (nSPS) is 12.9. The van der Waals surface area contributed by atoms with Gasteiger partial charge in [0.2, 0.25) is 5.70 Å². The van der Waals surface area contributed by atoms with Gasteiger partial charge in [0, 0.05) is 6.42 Å². The predicted molar refractivity (Wildman–Crippen MR) is 109 cm³/mol. The second kappa shape index (κ2) is 19.1. The summed E-state index contributed by atoms with van der Waals surface area (Å²) in [6.45, 7) is 2.09. The van der Waals surface area contributed by atoms with E-state index in [0.717, 1.165) is 44.9 Å². The molecule has 0 bridgehead atoms. The molecule has 1 radical (unpaired) electrons. The molecule has 0 aliphatic heterocycles. The summed E-state index contributed by atoms with van der Waals surface area (Å²) < 4.78 is 0. The van der Waals surface area contributed by atoms with Crippen LogP contribution in [0.1, 0.15) is 71.1 Å². The molecule has 0 N–H and O–H groups in total. The lowest BCUT2D eigenvalue weighted by molar-refractivity contribution is -0.427. The summed E-state index contributed by atoms with van der Waals surface area (Å²) in [4.78, 5) is 20.8.